The minimum atomic E-state index is -1.19. The minimum absolute atomic E-state index is 0.0460. The second-order valence-corrected chi connectivity index (χ2v) is 6.00. The maximum absolute atomic E-state index is 12.8. The van der Waals surface area contributed by atoms with Gasteiger partial charge in [-0.25, -0.2) is 4.79 Å². The van der Waals surface area contributed by atoms with E-state index in [2.05, 4.69) is 0 Å². The minimum Gasteiger partial charge on any atom is -0.464 e. The Kier molecular flexibility index (Phi) is 7.24. The van der Waals surface area contributed by atoms with E-state index >= 15 is 0 Å². The first-order valence-electron chi connectivity index (χ1n) is 8.54. The summed E-state index contributed by atoms with van der Waals surface area (Å²) < 4.78 is 4.91. The molecule has 0 amide bonds. The Labute approximate surface area is 152 Å². The van der Waals surface area contributed by atoms with Crippen LogP contribution >= 0.6 is 0 Å². The van der Waals surface area contributed by atoms with Crippen molar-refractivity contribution in [3.63, 3.8) is 0 Å². The van der Waals surface area contributed by atoms with E-state index in [-0.39, 0.29) is 24.6 Å². The fourth-order valence-electron chi connectivity index (χ4n) is 2.57. The number of carbonyl (C=O) groups excluding carboxylic acids is 3. The SMILES string of the molecule is CC(O)C(=O)OCCCC(C(=O)c1ccccc1)C(=O)c1ccccc1. The van der Waals surface area contributed by atoms with E-state index in [1.54, 1.807) is 60.7 Å². The molecule has 5 heteroatoms. The van der Waals surface area contributed by atoms with Gasteiger partial charge in [-0.05, 0) is 19.8 Å². The quantitative estimate of drug-likeness (QED) is 0.324. The zero-order valence-electron chi connectivity index (χ0n) is 14.6. The molecule has 1 atom stereocenters. The van der Waals surface area contributed by atoms with Crippen LogP contribution < -0.4 is 0 Å². The van der Waals surface area contributed by atoms with E-state index < -0.39 is 18.0 Å². The van der Waals surface area contributed by atoms with Crippen LogP contribution in [0.5, 0.6) is 0 Å². The lowest BCUT2D eigenvalue weighted by Gasteiger charge is -2.15. The van der Waals surface area contributed by atoms with E-state index in [9.17, 15) is 14.4 Å². The number of benzene rings is 2. The van der Waals surface area contributed by atoms with Crippen LogP contribution in [0, 0.1) is 5.92 Å². The van der Waals surface area contributed by atoms with Gasteiger partial charge in [-0.1, -0.05) is 60.7 Å². The van der Waals surface area contributed by atoms with Crippen LogP contribution in [0.1, 0.15) is 40.5 Å². The van der Waals surface area contributed by atoms with Gasteiger partial charge >= 0.3 is 5.97 Å². The Hall–Kier alpha value is -2.79. The van der Waals surface area contributed by atoms with E-state index in [0.29, 0.717) is 17.5 Å². The standard InChI is InChI=1S/C21H22O5/c1-15(22)21(25)26-14-8-13-18(19(23)16-9-4-2-5-10-16)20(24)17-11-6-3-7-12-17/h2-7,9-12,15,18,22H,8,13-14H2,1H3. The molecule has 0 spiro atoms. The lowest BCUT2D eigenvalue weighted by Crippen LogP contribution is -2.26. The third-order valence-electron chi connectivity index (χ3n) is 3.97. The largest absolute Gasteiger partial charge is 0.464 e. The third kappa shape index (κ3) is 5.36. The van der Waals surface area contributed by atoms with Crippen LogP contribution in [0.3, 0.4) is 0 Å². The summed E-state index contributed by atoms with van der Waals surface area (Å²) in [6.45, 7) is 1.37. The highest BCUT2D eigenvalue weighted by Gasteiger charge is 2.28. The van der Waals surface area contributed by atoms with Gasteiger partial charge in [-0.2, -0.15) is 0 Å². The molecule has 0 saturated heterocycles. The van der Waals surface area contributed by atoms with Crippen molar-refractivity contribution in [1.29, 1.82) is 0 Å². The second-order valence-electron chi connectivity index (χ2n) is 6.00. The van der Waals surface area contributed by atoms with Crippen molar-refractivity contribution < 1.29 is 24.2 Å². The molecule has 0 aliphatic heterocycles. The number of ketones is 2. The number of hydrogen-bond acceptors (Lipinski definition) is 5. The molecule has 0 fully saturated rings. The fourth-order valence-corrected chi connectivity index (χ4v) is 2.57. The monoisotopic (exact) mass is 354 g/mol. The molecule has 0 aromatic heterocycles. The average Bonchev–Trinajstić information content (AvgIpc) is 2.68. The number of carbonyl (C=O) groups is 3. The molecule has 0 aliphatic rings. The van der Waals surface area contributed by atoms with Gasteiger partial charge in [-0.3, -0.25) is 9.59 Å². The molecule has 2 aromatic rings. The highest BCUT2D eigenvalue weighted by Crippen LogP contribution is 2.20. The highest BCUT2D eigenvalue weighted by molar-refractivity contribution is 6.16. The van der Waals surface area contributed by atoms with Gasteiger partial charge in [0.25, 0.3) is 0 Å². The molecule has 136 valence electrons. The number of aliphatic hydroxyl groups excluding tert-OH is 1. The maximum Gasteiger partial charge on any atom is 0.334 e. The lowest BCUT2D eigenvalue weighted by molar-refractivity contribution is -0.152. The smallest absolute Gasteiger partial charge is 0.334 e. The van der Waals surface area contributed by atoms with Crippen molar-refractivity contribution in [3.8, 4) is 0 Å². The van der Waals surface area contributed by atoms with Gasteiger partial charge in [0, 0.05) is 11.1 Å². The number of rotatable bonds is 9. The molecule has 0 saturated carbocycles. The van der Waals surface area contributed by atoms with Crippen LogP contribution in [0.15, 0.2) is 60.7 Å². The lowest BCUT2D eigenvalue weighted by atomic mass is 9.86. The number of hydrogen-bond donors (Lipinski definition) is 1. The summed E-state index contributed by atoms with van der Waals surface area (Å²) in [4.78, 5) is 36.9. The first kappa shape index (κ1) is 19.5. The van der Waals surface area contributed by atoms with E-state index in [0.717, 1.165) is 0 Å². The number of esters is 1. The van der Waals surface area contributed by atoms with Crippen LogP contribution in [-0.2, 0) is 9.53 Å². The van der Waals surface area contributed by atoms with E-state index in [1.165, 1.54) is 6.92 Å². The summed E-state index contributed by atoms with van der Waals surface area (Å²) in [7, 11) is 0. The van der Waals surface area contributed by atoms with Crippen molar-refractivity contribution in [1.82, 2.24) is 0 Å². The molecule has 0 heterocycles. The summed E-state index contributed by atoms with van der Waals surface area (Å²) in [5.41, 5.74) is 0.950. The van der Waals surface area contributed by atoms with Gasteiger partial charge in [0.2, 0.25) is 0 Å². The molecule has 5 nitrogen and oxygen atoms in total. The van der Waals surface area contributed by atoms with Crippen LogP contribution in [0.4, 0.5) is 0 Å². The molecule has 0 aliphatic carbocycles. The van der Waals surface area contributed by atoms with Crippen LogP contribution in [0.25, 0.3) is 0 Å². The zero-order chi connectivity index (χ0) is 18.9. The van der Waals surface area contributed by atoms with E-state index in [1.807, 2.05) is 0 Å². The van der Waals surface area contributed by atoms with Gasteiger partial charge in [0.05, 0.1) is 12.5 Å². The first-order valence-corrected chi connectivity index (χ1v) is 8.54. The molecule has 1 unspecified atom stereocenters. The van der Waals surface area contributed by atoms with Gasteiger partial charge in [0.1, 0.15) is 6.10 Å². The Morgan fingerprint density at radius 2 is 1.35 bits per heavy atom. The molecule has 26 heavy (non-hydrogen) atoms. The predicted octanol–water partition coefficient (Wildman–Crippen LogP) is 3.07. The summed E-state index contributed by atoms with van der Waals surface area (Å²) >= 11 is 0. The van der Waals surface area contributed by atoms with Crippen molar-refractivity contribution in [2.45, 2.75) is 25.9 Å². The average molecular weight is 354 g/mol. The zero-order valence-corrected chi connectivity index (χ0v) is 14.6. The van der Waals surface area contributed by atoms with Crippen molar-refractivity contribution in [2.24, 2.45) is 5.92 Å². The third-order valence-corrected chi connectivity index (χ3v) is 3.97. The van der Waals surface area contributed by atoms with Gasteiger partial charge in [0.15, 0.2) is 11.6 Å². The van der Waals surface area contributed by atoms with Crippen molar-refractivity contribution >= 4 is 17.5 Å². The van der Waals surface area contributed by atoms with Gasteiger partial charge in [-0.15, -0.1) is 0 Å². The fraction of sp³-hybridized carbons (Fsp3) is 0.286. The topological polar surface area (TPSA) is 80.7 Å². The molecule has 0 radical (unpaired) electrons. The number of Topliss-reactive ketones (excluding diaryl/α,β-unsaturated/α-hetero) is 2. The molecular formula is C21H22O5. The molecule has 2 rings (SSSR count). The molecule has 2 aromatic carbocycles. The number of aliphatic hydroxyl groups is 1. The summed E-state index contributed by atoms with van der Waals surface area (Å²) in [6, 6.07) is 17.3. The second kappa shape index (κ2) is 9.63. The molecule has 1 N–H and O–H groups in total. The summed E-state index contributed by atoms with van der Waals surface area (Å²) in [6.07, 6.45) is -0.586. The van der Waals surface area contributed by atoms with Crippen molar-refractivity contribution in [3.05, 3.63) is 71.8 Å². The first-order chi connectivity index (χ1) is 12.5. The van der Waals surface area contributed by atoms with Crippen molar-refractivity contribution in [2.75, 3.05) is 6.61 Å². The van der Waals surface area contributed by atoms with E-state index in [4.69, 9.17) is 9.84 Å². The maximum atomic E-state index is 12.8. The number of ether oxygens (including phenoxy) is 1. The molecular weight excluding hydrogens is 332 g/mol. The Balaban J connectivity index is 2.10. The Bertz CT molecular complexity index is 686. The Morgan fingerprint density at radius 3 is 1.77 bits per heavy atom. The van der Waals surface area contributed by atoms with Crippen LogP contribution in [0.2, 0.25) is 0 Å². The van der Waals surface area contributed by atoms with Gasteiger partial charge < -0.3 is 9.84 Å². The normalized spacial score (nSPS) is 11.8. The summed E-state index contributed by atoms with van der Waals surface area (Å²) in [5, 5.41) is 9.12. The Morgan fingerprint density at radius 1 is 0.885 bits per heavy atom. The highest BCUT2D eigenvalue weighted by atomic mass is 16.5. The molecule has 0 bridgehead atoms. The summed E-state index contributed by atoms with van der Waals surface area (Å²) in [5.74, 6) is -2.06. The van der Waals surface area contributed by atoms with Crippen LogP contribution in [-0.4, -0.2) is 35.4 Å². The predicted molar refractivity (Wildman–Crippen MR) is 96.9 cm³/mol.